The molecule has 0 radical (unpaired) electrons. The summed E-state index contributed by atoms with van der Waals surface area (Å²) in [5.74, 6) is 0.239. The lowest BCUT2D eigenvalue weighted by molar-refractivity contribution is -0.00258. The Morgan fingerprint density at radius 3 is 2.42 bits per heavy atom. The van der Waals surface area contributed by atoms with Crippen LogP contribution in [0.1, 0.15) is 11.7 Å². The molecule has 5 nitrogen and oxygen atoms in total. The van der Waals surface area contributed by atoms with Crippen molar-refractivity contribution >= 4 is 44.8 Å². The number of halogens is 3. The van der Waals surface area contributed by atoms with Crippen molar-refractivity contribution in [3.63, 3.8) is 0 Å². The van der Waals surface area contributed by atoms with Crippen LogP contribution in [-0.4, -0.2) is 39.5 Å². The molecule has 0 amide bonds. The van der Waals surface area contributed by atoms with Gasteiger partial charge in [-0.25, -0.2) is 8.42 Å². The Hall–Kier alpha value is -1.02. The summed E-state index contributed by atoms with van der Waals surface area (Å²) in [5, 5.41) is 1.25. The van der Waals surface area contributed by atoms with Crippen molar-refractivity contribution in [2.45, 2.75) is 11.0 Å². The van der Waals surface area contributed by atoms with Crippen molar-refractivity contribution in [1.82, 2.24) is 4.31 Å². The molecule has 0 aromatic heterocycles. The Morgan fingerprint density at radius 1 is 1.08 bits per heavy atom. The van der Waals surface area contributed by atoms with Crippen molar-refractivity contribution < 1.29 is 17.9 Å². The van der Waals surface area contributed by atoms with Gasteiger partial charge in [-0.2, -0.15) is 4.31 Å². The zero-order valence-corrected chi connectivity index (χ0v) is 16.9. The molecular formula is C17H16Cl3NO4S. The average molecular weight is 437 g/mol. The molecule has 1 saturated heterocycles. The van der Waals surface area contributed by atoms with E-state index in [4.69, 9.17) is 44.3 Å². The van der Waals surface area contributed by atoms with E-state index in [0.717, 1.165) is 5.56 Å². The summed E-state index contributed by atoms with van der Waals surface area (Å²) in [7, 11) is -2.40. The van der Waals surface area contributed by atoms with Crippen molar-refractivity contribution in [3.8, 4) is 5.75 Å². The minimum atomic E-state index is -3.81. The molecule has 2 aromatic carbocycles. The van der Waals surface area contributed by atoms with Crippen LogP contribution in [0.15, 0.2) is 41.3 Å². The number of morpholine rings is 1. The lowest BCUT2D eigenvalue weighted by Crippen LogP contribution is -2.42. The SMILES string of the molecule is COc1ccc(Cl)cc1S(=O)(=O)N1CCOC(c2cc(Cl)cc(Cl)c2)C1. The van der Waals surface area contributed by atoms with Gasteiger partial charge < -0.3 is 9.47 Å². The Bertz CT molecular complexity index is 900. The van der Waals surface area contributed by atoms with Gasteiger partial charge in [0.05, 0.1) is 19.8 Å². The highest BCUT2D eigenvalue weighted by Crippen LogP contribution is 2.33. The van der Waals surface area contributed by atoms with E-state index < -0.39 is 16.1 Å². The first-order valence-corrected chi connectivity index (χ1v) is 10.3. The van der Waals surface area contributed by atoms with Gasteiger partial charge >= 0.3 is 0 Å². The molecule has 9 heteroatoms. The van der Waals surface area contributed by atoms with E-state index in [1.807, 2.05) is 0 Å². The number of rotatable bonds is 4. The zero-order chi connectivity index (χ0) is 18.9. The monoisotopic (exact) mass is 435 g/mol. The molecule has 1 heterocycles. The van der Waals surface area contributed by atoms with E-state index in [-0.39, 0.29) is 30.3 Å². The summed E-state index contributed by atoms with van der Waals surface area (Å²) in [5.41, 5.74) is 0.723. The molecule has 1 fully saturated rings. The molecule has 1 aliphatic rings. The van der Waals surface area contributed by atoms with Crippen LogP contribution in [0, 0.1) is 0 Å². The Labute approximate surface area is 167 Å². The normalized spacial score (nSPS) is 18.7. The average Bonchev–Trinajstić information content (AvgIpc) is 2.61. The van der Waals surface area contributed by atoms with Crippen LogP contribution < -0.4 is 4.74 Å². The van der Waals surface area contributed by atoms with Crippen LogP contribution in [0.4, 0.5) is 0 Å². The summed E-state index contributed by atoms with van der Waals surface area (Å²) in [6.45, 7) is 0.606. The molecule has 3 rings (SSSR count). The highest BCUT2D eigenvalue weighted by atomic mass is 35.5. The third-order valence-corrected chi connectivity index (χ3v) is 6.59. The summed E-state index contributed by atoms with van der Waals surface area (Å²) in [6, 6.07) is 9.54. The molecule has 1 atom stereocenters. The lowest BCUT2D eigenvalue weighted by Gasteiger charge is -2.32. The number of sulfonamides is 1. The molecule has 2 aromatic rings. The van der Waals surface area contributed by atoms with Crippen molar-refractivity contribution in [3.05, 3.63) is 57.0 Å². The fourth-order valence-corrected chi connectivity index (χ4v) is 5.18. The third kappa shape index (κ3) is 4.11. The zero-order valence-electron chi connectivity index (χ0n) is 13.8. The second-order valence-electron chi connectivity index (χ2n) is 5.72. The summed E-state index contributed by atoms with van der Waals surface area (Å²) in [6.07, 6.45) is -0.472. The van der Waals surface area contributed by atoms with E-state index in [1.165, 1.54) is 23.5 Å². The van der Waals surface area contributed by atoms with Crippen LogP contribution in [0.3, 0.4) is 0 Å². The van der Waals surface area contributed by atoms with Crippen molar-refractivity contribution in [2.24, 2.45) is 0 Å². The molecule has 26 heavy (non-hydrogen) atoms. The second-order valence-corrected chi connectivity index (χ2v) is 8.94. The molecule has 0 N–H and O–H groups in total. The maximum absolute atomic E-state index is 13.1. The van der Waals surface area contributed by atoms with Gasteiger partial charge in [0.1, 0.15) is 10.6 Å². The van der Waals surface area contributed by atoms with Gasteiger partial charge in [0.15, 0.2) is 0 Å². The fourth-order valence-electron chi connectivity index (χ4n) is 2.80. The standard InChI is InChI=1S/C17H16Cl3NO4S/c1-24-15-3-2-12(18)9-17(15)26(22,23)21-4-5-25-16(10-21)11-6-13(19)8-14(20)7-11/h2-3,6-9,16H,4-5,10H2,1H3. The van der Waals surface area contributed by atoms with Crippen LogP contribution >= 0.6 is 34.8 Å². The highest BCUT2D eigenvalue weighted by Gasteiger charge is 2.33. The van der Waals surface area contributed by atoms with Crippen LogP contribution in [0.25, 0.3) is 0 Å². The molecule has 0 bridgehead atoms. The smallest absolute Gasteiger partial charge is 0.246 e. The van der Waals surface area contributed by atoms with Crippen LogP contribution in [0.2, 0.25) is 15.1 Å². The van der Waals surface area contributed by atoms with Crippen molar-refractivity contribution in [1.29, 1.82) is 0 Å². The number of hydrogen-bond acceptors (Lipinski definition) is 4. The first-order chi connectivity index (χ1) is 12.3. The first kappa shape index (κ1) is 19.7. The number of benzene rings is 2. The Kier molecular flexibility index (Phi) is 6.01. The maximum atomic E-state index is 13.1. The van der Waals surface area contributed by atoms with Gasteiger partial charge in [-0.1, -0.05) is 34.8 Å². The topological polar surface area (TPSA) is 55.8 Å². The van der Waals surface area contributed by atoms with Gasteiger partial charge in [-0.05, 0) is 42.0 Å². The van der Waals surface area contributed by atoms with E-state index in [9.17, 15) is 8.42 Å². The summed E-state index contributed by atoms with van der Waals surface area (Å²) >= 11 is 18.1. The van der Waals surface area contributed by atoms with Gasteiger partial charge in [-0.3, -0.25) is 0 Å². The fraction of sp³-hybridized carbons (Fsp3) is 0.294. The van der Waals surface area contributed by atoms with Crippen molar-refractivity contribution in [2.75, 3.05) is 26.8 Å². The summed E-state index contributed by atoms with van der Waals surface area (Å²) in [4.78, 5) is 0.0253. The minimum absolute atomic E-state index is 0.0253. The largest absolute Gasteiger partial charge is 0.495 e. The molecule has 0 spiro atoms. The van der Waals surface area contributed by atoms with E-state index in [2.05, 4.69) is 0 Å². The molecule has 0 saturated carbocycles. The minimum Gasteiger partial charge on any atom is -0.495 e. The van der Waals surface area contributed by atoms with Crippen LogP contribution in [0.5, 0.6) is 5.75 Å². The Balaban J connectivity index is 1.93. The molecule has 140 valence electrons. The molecular weight excluding hydrogens is 421 g/mol. The predicted molar refractivity (Wildman–Crippen MR) is 102 cm³/mol. The van der Waals surface area contributed by atoms with Crippen LogP contribution in [-0.2, 0) is 14.8 Å². The summed E-state index contributed by atoms with van der Waals surface area (Å²) < 4.78 is 38.5. The number of hydrogen-bond donors (Lipinski definition) is 0. The number of nitrogens with zero attached hydrogens (tertiary/aromatic N) is 1. The molecule has 1 unspecified atom stereocenters. The first-order valence-electron chi connectivity index (χ1n) is 7.72. The van der Waals surface area contributed by atoms with E-state index >= 15 is 0 Å². The maximum Gasteiger partial charge on any atom is 0.246 e. The van der Waals surface area contributed by atoms with E-state index in [0.29, 0.717) is 15.1 Å². The lowest BCUT2D eigenvalue weighted by atomic mass is 10.1. The highest BCUT2D eigenvalue weighted by molar-refractivity contribution is 7.89. The van der Waals surface area contributed by atoms with Gasteiger partial charge in [0, 0.05) is 28.2 Å². The van der Waals surface area contributed by atoms with E-state index in [1.54, 1.807) is 24.3 Å². The Morgan fingerprint density at radius 2 is 1.77 bits per heavy atom. The number of ether oxygens (including phenoxy) is 2. The van der Waals surface area contributed by atoms with Gasteiger partial charge in [0.25, 0.3) is 0 Å². The predicted octanol–water partition coefficient (Wildman–Crippen LogP) is 4.42. The molecule has 1 aliphatic heterocycles. The molecule has 0 aliphatic carbocycles. The number of methoxy groups -OCH3 is 1. The van der Waals surface area contributed by atoms with Gasteiger partial charge in [0.2, 0.25) is 10.0 Å². The van der Waals surface area contributed by atoms with Gasteiger partial charge in [-0.15, -0.1) is 0 Å². The quantitative estimate of drug-likeness (QED) is 0.712. The third-order valence-electron chi connectivity index (χ3n) is 4.03. The second kappa shape index (κ2) is 7.92.